The lowest BCUT2D eigenvalue weighted by molar-refractivity contribution is -0.124. The second-order valence-electron chi connectivity index (χ2n) is 10.4. The Hall–Kier alpha value is -3.20. The van der Waals surface area contributed by atoms with Gasteiger partial charge < -0.3 is 20.1 Å². The Bertz CT molecular complexity index is 1060. The molecule has 0 unspecified atom stereocenters. The van der Waals surface area contributed by atoms with Crippen molar-refractivity contribution in [3.63, 3.8) is 0 Å². The van der Waals surface area contributed by atoms with Crippen molar-refractivity contribution in [2.75, 3.05) is 31.1 Å². The summed E-state index contributed by atoms with van der Waals surface area (Å²) in [5.74, 6) is 0.796. The Balaban J connectivity index is 0.00000115. The van der Waals surface area contributed by atoms with Gasteiger partial charge in [-0.2, -0.15) is 0 Å². The minimum Gasteiger partial charge on any atom is -0.483 e. The molecule has 1 atom stereocenters. The first-order valence-corrected chi connectivity index (χ1v) is 12.6. The Kier molecular flexibility index (Phi) is 9.25. The molecule has 36 heavy (non-hydrogen) atoms. The van der Waals surface area contributed by atoms with Gasteiger partial charge in [0.25, 0.3) is 6.47 Å². The summed E-state index contributed by atoms with van der Waals surface area (Å²) in [4.78, 5) is 43.6. The predicted octanol–water partition coefficient (Wildman–Crippen LogP) is 3.98. The summed E-state index contributed by atoms with van der Waals surface area (Å²) in [7, 11) is 0. The smallest absolute Gasteiger partial charge is 0.410 e. The van der Waals surface area contributed by atoms with Gasteiger partial charge in [-0.15, -0.1) is 0 Å². The predicted molar refractivity (Wildman–Crippen MR) is 139 cm³/mol. The average Bonchev–Trinajstić information content (AvgIpc) is 2.84. The number of piperidine rings is 2. The van der Waals surface area contributed by atoms with Crippen LogP contribution in [0.4, 0.5) is 10.6 Å². The van der Waals surface area contributed by atoms with Crippen molar-refractivity contribution in [2.24, 2.45) is 5.92 Å². The molecule has 196 valence electrons. The minimum atomic E-state index is -0.553. The number of carbonyl (C=O) groups is 3. The molecule has 9 heteroatoms. The van der Waals surface area contributed by atoms with E-state index in [1.165, 1.54) is 0 Å². The zero-order chi connectivity index (χ0) is 26.3. The minimum absolute atomic E-state index is 0.0378. The summed E-state index contributed by atoms with van der Waals surface area (Å²) in [6.07, 6.45) is 4.77. The van der Waals surface area contributed by atoms with Gasteiger partial charge in [-0.3, -0.25) is 14.5 Å². The number of ether oxygens (including phenoxy) is 1. The molecule has 3 heterocycles. The molecule has 2 saturated heterocycles. The summed E-state index contributed by atoms with van der Waals surface area (Å²) >= 11 is 0. The fourth-order valence-corrected chi connectivity index (χ4v) is 4.95. The van der Waals surface area contributed by atoms with Gasteiger partial charge >= 0.3 is 6.09 Å². The van der Waals surface area contributed by atoms with E-state index < -0.39 is 5.60 Å². The van der Waals surface area contributed by atoms with E-state index in [-0.39, 0.29) is 30.4 Å². The van der Waals surface area contributed by atoms with Crippen LogP contribution in [0.15, 0.2) is 30.5 Å². The zero-order valence-corrected chi connectivity index (χ0v) is 21.7. The number of carbonyl (C=O) groups excluding carboxylic acids is 2. The third-order valence-corrected chi connectivity index (χ3v) is 6.55. The Morgan fingerprint density at radius 1 is 1.19 bits per heavy atom. The molecule has 1 aromatic carbocycles. The van der Waals surface area contributed by atoms with Gasteiger partial charge in [0.1, 0.15) is 11.4 Å². The van der Waals surface area contributed by atoms with E-state index in [1.807, 2.05) is 37.8 Å². The number of aromatic nitrogens is 1. The molecule has 0 radical (unpaired) electrons. The third-order valence-electron chi connectivity index (χ3n) is 6.55. The van der Waals surface area contributed by atoms with E-state index in [9.17, 15) is 9.59 Å². The number of benzene rings is 1. The monoisotopic (exact) mass is 498 g/mol. The summed E-state index contributed by atoms with van der Waals surface area (Å²) < 4.78 is 5.64. The topological polar surface area (TPSA) is 112 Å². The largest absolute Gasteiger partial charge is 0.483 e. The summed E-state index contributed by atoms with van der Waals surface area (Å²) in [5, 5.41) is 12.3. The van der Waals surface area contributed by atoms with E-state index in [0.29, 0.717) is 18.9 Å². The maximum Gasteiger partial charge on any atom is 0.410 e. The number of pyridine rings is 1. The molecular weight excluding hydrogens is 460 g/mol. The number of nitrogens with zero attached hydrogens (tertiary/aromatic N) is 3. The summed E-state index contributed by atoms with van der Waals surface area (Å²) in [6, 6.07) is 8.02. The number of amides is 2. The number of fused-ring (bicyclic) bond motifs is 1. The van der Waals surface area contributed by atoms with Crippen molar-refractivity contribution in [3.8, 4) is 0 Å². The van der Waals surface area contributed by atoms with Crippen molar-refractivity contribution in [1.82, 2.24) is 15.2 Å². The fraction of sp³-hybridized carbons (Fsp3) is 0.556. The Morgan fingerprint density at radius 2 is 1.89 bits per heavy atom. The first kappa shape index (κ1) is 27.4. The summed E-state index contributed by atoms with van der Waals surface area (Å²) in [6.45, 7) is 10.2. The molecule has 0 saturated carbocycles. The number of rotatable bonds is 3. The van der Waals surface area contributed by atoms with E-state index in [4.69, 9.17) is 19.6 Å². The molecule has 0 spiro atoms. The van der Waals surface area contributed by atoms with E-state index in [1.54, 1.807) is 11.1 Å². The molecule has 0 aliphatic carbocycles. The maximum absolute atomic E-state index is 14.0. The Morgan fingerprint density at radius 3 is 2.56 bits per heavy atom. The van der Waals surface area contributed by atoms with Crippen LogP contribution in [0.3, 0.4) is 0 Å². The van der Waals surface area contributed by atoms with Crippen LogP contribution >= 0.6 is 0 Å². The van der Waals surface area contributed by atoms with Crippen molar-refractivity contribution >= 4 is 35.1 Å². The van der Waals surface area contributed by atoms with Crippen LogP contribution in [0, 0.1) is 12.8 Å². The number of anilines is 1. The molecular formula is C27H38N4O5. The standard InChI is InChI=1S/C26H36N4O3.CH2O2/c1-18-7-5-8-19-12-15-28-23(22(18)19)30(24(31)20-10-13-27-14-11-20)21-9-6-16-29(17-21)25(32)33-26(2,3)4;2-1-3/h5,7-8,12,15,20-21,27H,6,9-11,13-14,16-17H2,1-4H3;1H,(H,2,3)/t21-;/m1./s1. The first-order valence-electron chi connectivity index (χ1n) is 12.6. The van der Waals surface area contributed by atoms with Gasteiger partial charge in [0, 0.05) is 30.6 Å². The lowest BCUT2D eigenvalue weighted by Crippen LogP contribution is -2.55. The number of hydrogen-bond acceptors (Lipinski definition) is 6. The van der Waals surface area contributed by atoms with Gasteiger partial charge in [-0.05, 0) is 83.5 Å². The molecule has 2 amide bonds. The SMILES string of the molecule is Cc1cccc2ccnc(N(C(=O)C3CCNCC3)[C@@H]3CCCN(C(=O)OC(C)(C)C)C3)c12.O=CO. The van der Waals surface area contributed by atoms with Crippen LogP contribution < -0.4 is 10.2 Å². The van der Waals surface area contributed by atoms with Crippen molar-refractivity contribution in [1.29, 1.82) is 0 Å². The molecule has 4 rings (SSSR count). The Labute approximate surface area is 212 Å². The number of aryl methyl sites for hydroxylation is 1. The van der Waals surface area contributed by atoms with Crippen molar-refractivity contribution in [3.05, 3.63) is 36.0 Å². The van der Waals surface area contributed by atoms with Crippen LogP contribution in [0.1, 0.15) is 52.0 Å². The zero-order valence-electron chi connectivity index (χ0n) is 21.7. The van der Waals surface area contributed by atoms with Crippen molar-refractivity contribution in [2.45, 2.75) is 65.0 Å². The lowest BCUT2D eigenvalue weighted by Gasteiger charge is -2.41. The molecule has 0 bridgehead atoms. The third kappa shape index (κ3) is 6.72. The van der Waals surface area contributed by atoms with Crippen LogP contribution in [0.25, 0.3) is 10.8 Å². The number of likely N-dealkylation sites (tertiary alicyclic amines) is 1. The lowest BCUT2D eigenvalue weighted by atomic mass is 9.93. The number of hydrogen-bond donors (Lipinski definition) is 2. The number of carboxylic acid groups (broad SMARTS) is 1. The van der Waals surface area contributed by atoms with E-state index in [2.05, 4.69) is 24.4 Å². The molecule has 2 aliphatic heterocycles. The van der Waals surface area contributed by atoms with Gasteiger partial charge in [-0.1, -0.05) is 18.2 Å². The quantitative estimate of drug-likeness (QED) is 0.616. The number of nitrogens with one attached hydrogen (secondary N) is 1. The van der Waals surface area contributed by atoms with Gasteiger partial charge in [0.15, 0.2) is 0 Å². The van der Waals surface area contributed by atoms with Crippen LogP contribution in [-0.4, -0.2) is 71.3 Å². The van der Waals surface area contributed by atoms with E-state index in [0.717, 1.165) is 55.1 Å². The average molecular weight is 499 g/mol. The van der Waals surface area contributed by atoms with Crippen molar-refractivity contribution < 1.29 is 24.2 Å². The first-order chi connectivity index (χ1) is 17.2. The molecule has 9 nitrogen and oxygen atoms in total. The van der Waals surface area contributed by atoms with Crippen LogP contribution in [0.5, 0.6) is 0 Å². The van der Waals surface area contributed by atoms with Gasteiger partial charge in [0.05, 0.1) is 6.04 Å². The normalized spacial score (nSPS) is 18.7. The molecule has 2 aromatic rings. The fourth-order valence-electron chi connectivity index (χ4n) is 4.95. The van der Waals surface area contributed by atoms with Crippen LogP contribution in [0.2, 0.25) is 0 Å². The maximum atomic E-state index is 14.0. The molecule has 1 aromatic heterocycles. The highest BCUT2D eigenvalue weighted by Crippen LogP contribution is 2.33. The second-order valence-corrected chi connectivity index (χ2v) is 10.4. The second kappa shape index (κ2) is 12.2. The van der Waals surface area contributed by atoms with Gasteiger partial charge in [-0.25, -0.2) is 9.78 Å². The summed E-state index contributed by atoms with van der Waals surface area (Å²) in [5.41, 5.74) is 0.543. The van der Waals surface area contributed by atoms with Gasteiger partial charge in [0.2, 0.25) is 5.91 Å². The molecule has 2 fully saturated rings. The van der Waals surface area contributed by atoms with E-state index >= 15 is 0 Å². The highest BCUT2D eigenvalue weighted by Gasteiger charge is 2.37. The highest BCUT2D eigenvalue weighted by molar-refractivity contribution is 6.04. The highest BCUT2D eigenvalue weighted by atomic mass is 16.6. The molecule has 2 aliphatic rings. The molecule has 2 N–H and O–H groups in total. The van der Waals surface area contributed by atoms with Crippen LogP contribution in [-0.2, 0) is 14.3 Å².